The standard InChI is InChI=1S/C15H11F3N2O5S/c16-15(17,18)26(24,25)10-5-3-4-9(8-10)19-13(21)11-6-1-2-7-12(11)20-14(22)23/h1-8,20H,(H,19,21)(H,22,23). The molecule has 138 valence electrons. The summed E-state index contributed by atoms with van der Waals surface area (Å²) in [7, 11) is -5.56. The summed E-state index contributed by atoms with van der Waals surface area (Å²) in [6.07, 6.45) is -1.41. The number of para-hydroxylation sites is 1. The molecule has 0 heterocycles. The number of carbonyl (C=O) groups excluding carboxylic acids is 1. The van der Waals surface area contributed by atoms with Gasteiger partial charge in [0.15, 0.2) is 0 Å². The Morgan fingerprint density at radius 1 is 0.962 bits per heavy atom. The van der Waals surface area contributed by atoms with Crippen molar-refractivity contribution in [1.29, 1.82) is 0 Å². The van der Waals surface area contributed by atoms with Crippen molar-refractivity contribution < 1.29 is 36.3 Å². The number of sulfone groups is 1. The summed E-state index contributed by atoms with van der Waals surface area (Å²) in [5, 5.41) is 13.0. The van der Waals surface area contributed by atoms with E-state index < -0.39 is 32.2 Å². The largest absolute Gasteiger partial charge is 0.501 e. The van der Waals surface area contributed by atoms with Gasteiger partial charge >= 0.3 is 11.6 Å². The van der Waals surface area contributed by atoms with Crippen molar-refractivity contribution in [1.82, 2.24) is 0 Å². The van der Waals surface area contributed by atoms with Crippen LogP contribution in [0.3, 0.4) is 0 Å². The summed E-state index contributed by atoms with van der Waals surface area (Å²) in [5.41, 5.74) is -5.82. The fourth-order valence-electron chi connectivity index (χ4n) is 1.98. The van der Waals surface area contributed by atoms with Crippen molar-refractivity contribution in [2.75, 3.05) is 10.6 Å². The van der Waals surface area contributed by atoms with E-state index in [0.717, 1.165) is 12.1 Å². The molecule has 0 bridgehead atoms. The van der Waals surface area contributed by atoms with E-state index in [1.54, 1.807) is 0 Å². The predicted molar refractivity (Wildman–Crippen MR) is 85.7 cm³/mol. The lowest BCUT2D eigenvalue weighted by Crippen LogP contribution is -2.23. The predicted octanol–water partition coefficient (Wildman–Crippen LogP) is 3.32. The summed E-state index contributed by atoms with van der Waals surface area (Å²) in [6, 6.07) is 9.16. The molecule has 0 spiro atoms. The fourth-order valence-corrected chi connectivity index (χ4v) is 2.79. The number of halogens is 3. The Morgan fingerprint density at radius 3 is 2.23 bits per heavy atom. The average molecular weight is 388 g/mol. The van der Waals surface area contributed by atoms with Crippen molar-refractivity contribution in [3.63, 3.8) is 0 Å². The molecule has 2 rings (SSSR count). The lowest BCUT2D eigenvalue weighted by Gasteiger charge is -2.12. The Labute approximate surface area is 145 Å². The quantitative estimate of drug-likeness (QED) is 0.744. The fraction of sp³-hybridized carbons (Fsp3) is 0.0667. The highest BCUT2D eigenvalue weighted by Gasteiger charge is 2.46. The van der Waals surface area contributed by atoms with Crippen LogP contribution < -0.4 is 10.6 Å². The zero-order valence-electron chi connectivity index (χ0n) is 12.7. The van der Waals surface area contributed by atoms with Gasteiger partial charge in [0.05, 0.1) is 16.1 Å². The first kappa shape index (κ1) is 19.2. The van der Waals surface area contributed by atoms with Crippen LogP contribution in [-0.4, -0.2) is 31.0 Å². The Kier molecular flexibility index (Phi) is 5.21. The number of hydrogen-bond donors (Lipinski definition) is 3. The van der Waals surface area contributed by atoms with E-state index >= 15 is 0 Å². The zero-order valence-corrected chi connectivity index (χ0v) is 13.6. The molecule has 0 aliphatic carbocycles. The summed E-state index contributed by atoms with van der Waals surface area (Å²) in [5.74, 6) is -0.837. The minimum atomic E-state index is -5.56. The van der Waals surface area contributed by atoms with E-state index in [2.05, 4.69) is 5.32 Å². The minimum absolute atomic E-state index is 0.0448. The molecule has 2 aromatic rings. The van der Waals surface area contributed by atoms with Crippen molar-refractivity contribution in [2.24, 2.45) is 0 Å². The van der Waals surface area contributed by atoms with Crippen LogP contribution in [0.1, 0.15) is 10.4 Å². The maximum Gasteiger partial charge on any atom is 0.501 e. The van der Waals surface area contributed by atoms with Crippen molar-refractivity contribution >= 4 is 33.2 Å². The van der Waals surface area contributed by atoms with Crippen molar-refractivity contribution in [3.8, 4) is 0 Å². The second kappa shape index (κ2) is 7.04. The van der Waals surface area contributed by atoms with Gasteiger partial charge in [0.1, 0.15) is 0 Å². The van der Waals surface area contributed by atoms with E-state index in [1.807, 2.05) is 5.32 Å². The summed E-state index contributed by atoms with van der Waals surface area (Å²) in [6.45, 7) is 0. The van der Waals surface area contributed by atoms with Gasteiger partial charge in [-0.2, -0.15) is 13.2 Å². The van der Waals surface area contributed by atoms with Crippen molar-refractivity contribution in [2.45, 2.75) is 10.4 Å². The van der Waals surface area contributed by atoms with Gasteiger partial charge in [0.25, 0.3) is 15.7 Å². The second-order valence-corrected chi connectivity index (χ2v) is 6.85. The lowest BCUT2D eigenvalue weighted by atomic mass is 10.1. The molecule has 0 unspecified atom stereocenters. The number of alkyl halides is 3. The Balaban J connectivity index is 2.32. The second-order valence-electron chi connectivity index (χ2n) is 4.91. The van der Waals surface area contributed by atoms with E-state index in [0.29, 0.717) is 6.07 Å². The highest BCUT2D eigenvalue weighted by atomic mass is 32.2. The number of rotatable bonds is 4. The molecule has 7 nitrogen and oxygen atoms in total. The molecule has 2 aromatic carbocycles. The smallest absolute Gasteiger partial charge is 0.465 e. The number of carboxylic acid groups (broad SMARTS) is 1. The maximum absolute atomic E-state index is 12.6. The third-order valence-corrected chi connectivity index (χ3v) is 4.60. The van der Waals surface area contributed by atoms with Gasteiger partial charge in [0, 0.05) is 5.69 Å². The Morgan fingerprint density at radius 2 is 1.62 bits per heavy atom. The summed E-state index contributed by atoms with van der Waals surface area (Å²) >= 11 is 0. The SMILES string of the molecule is O=C(O)Nc1ccccc1C(=O)Nc1cccc(S(=O)(=O)C(F)(F)F)c1. The Hall–Kier alpha value is -3.08. The number of benzene rings is 2. The third kappa shape index (κ3) is 4.11. The van der Waals surface area contributed by atoms with E-state index in [4.69, 9.17) is 5.11 Å². The molecule has 0 fully saturated rings. The molecule has 0 saturated carbocycles. The molecule has 0 aliphatic heterocycles. The topological polar surface area (TPSA) is 113 Å². The Bertz CT molecular complexity index is 958. The number of carbonyl (C=O) groups is 2. The van der Waals surface area contributed by atoms with Crippen LogP contribution in [0, 0.1) is 0 Å². The lowest BCUT2D eigenvalue weighted by molar-refractivity contribution is -0.0436. The minimum Gasteiger partial charge on any atom is -0.465 e. The molecule has 0 atom stereocenters. The van der Waals surface area contributed by atoms with Crippen LogP contribution in [0.5, 0.6) is 0 Å². The van der Waals surface area contributed by atoms with Crippen LogP contribution in [0.2, 0.25) is 0 Å². The monoisotopic (exact) mass is 388 g/mol. The number of anilines is 2. The van der Waals surface area contributed by atoms with E-state index in [-0.39, 0.29) is 16.9 Å². The number of hydrogen-bond acceptors (Lipinski definition) is 4. The molecule has 3 N–H and O–H groups in total. The first-order valence-corrected chi connectivity index (χ1v) is 8.32. The van der Waals surface area contributed by atoms with Crippen LogP contribution >= 0.6 is 0 Å². The van der Waals surface area contributed by atoms with Gasteiger partial charge < -0.3 is 10.4 Å². The van der Waals surface area contributed by atoms with Crippen LogP contribution in [0.25, 0.3) is 0 Å². The van der Waals surface area contributed by atoms with Gasteiger partial charge in [-0.05, 0) is 30.3 Å². The van der Waals surface area contributed by atoms with E-state index in [9.17, 15) is 31.2 Å². The summed E-state index contributed by atoms with van der Waals surface area (Å²) < 4.78 is 60.7. The van der Waals surface area contributed by atoms with Gasteiger partial charge in [0.2, 0.25) is 0 Å². The van der Waals surface area contributed by atoms with Gasteiger partial charge in [-0.15, -0.1) is 0 Å². The third-order valence-electron chi connectivity index (χ3n) is 3.12. The molecular formula is C15H11F3N2O5S. The highest BCUT2D eigenvalue weighted by molar-refractivity contribution is 7.92. The van der Waals surface area contributed by atoms with Crippen LogP contribution in [-0.2, 0) is 9.84 Å². The molecule has 11 heteroatoms. The van der Waals surface area contributed by atoms with Crippen LogP contribution in [0.15, 0.2) is 53.4 Å². The van der Waals surface area contributed by atoms with E-state index in [1.165, 1.54) is 30.3 Å². The molecule has 0 radical (unpaired) electrons. The van der Waals surface area contributed by atoms with Gasteiger partial charge in [-0.25, -0.2) is 13.2 Å². The maximum atomic E-state index is 12.6. The molecule has 2 amide bonds. The normalized spacial score (nSPS) is 11.7. The molecule has 26 heavy (non-hydrogen) atoms. The number of nitrogens with one attached hydrogen (secondary N) is 2. The highest BCUT2D eigenvalue weighted by Crippen LogP contribution is 2.31. The first-order chi connectivity index (χ1) is 12.0. The first-order valence-electron chi connectivity index (χ1n) is 6.84. The average Bonchev–Trinajstić information content (AvgIpc) is 2.54. The van der Waals surface area contributed by atoms with Crippen LogP contribution in [0.4, 0.5) is 29.3 Å². The molecule has 0 aliphatic rings. The van der Waals surface area contributed by atoms with Gasteiger partial charge in [-0.1, -0.05) is 18.2 Å². The summed E-state index contributed by atoms with van der Waals surface area (Å²) in [4.78, 5) is 22.0. The van der Waals surface area contributed by atoms with Gasteiger partial charge in [-0.3, -0.25) is 10.1 Å². The molecule has 0 aromatic heterocycles. The molecule has 0 saturated heterocycles. The molecular weight excluding hydrogens is 377 g/mol. The number of amides is 2. The zero-order chi connectivity index (χ0) is 19.5. The van der Waals surface area contributed by atoms with Crippen molar-refractivity contribution in [3.05, 3.63) is 54.1 Å².